The van der Waals surface area contributed by atoms with Gasteiger partial charge in [-0.15, -0.1) is 0 Å². The molecule has 1 heterocycles. The molecule has 0 aliphatic rings. The minimum absolute atomic E-state index is 0. The molecule has 0 saturated heterocycles. The number of hydrogen-bond acceptors (Lipinski definition) is 3. The monoisotopic (exact) mass is 281 g/mol. The maximum absolute atomic E-state index is 10.5. The molecule has 2 aromatic carbocycles. The van der Waals surface area contributed by atoms with Crippen molar-refractivity contribution in [3.05, 3.63) is 77.6 Å². The van der Waals surface area contributed by atoms with E-state index in [1.807, 2.05) is 48.0 Å². The van der Waals surface area contributed by atoms with Gasteiger partial charge in [-0.3, -0.25) is 0 Å². The van der Waals surface area contributed by atoms with Gasteiger partial charge in [0.05, 0.1) is 18.2 Å². The summed E-state index contributed by atoms with van der Waals surface area (Å²) in [6.07, 6.45) is 3.69. The van der Waals surface area contributed by atoms with Gasteiger partial charge >= 0.3 is 0 Å². The molecule has 0 atom stereocenters. The number of nitrogens with one attached hydrogen (secondary N) is 1. The number of imidazole rings is 1. The minimum atomic E-state index is 0. The second-order valence-corrected chi connectivity index (χ2v) is 4.57. The summed E-state index contributed by atoms with van der Waals surface area (Å²) in [5, 5.41) is 1.88. The van der Waals surface area contributed by atoms with Gasteiger partial charge in [-0.1, -0.05) is 42.5 Å². The van der Waals surface area contributed by atoms with Crippen molar-refractivity contribution < 1.29 is 10.7 Å². The van der Waals surface area contributed by atoms with Crippen LogP contribution >= 0.6 is 0 Å². The van der Waals surface area contributed by atoms with E-state index in [1.54, 1.807) is 12.1 Å². The van der Waals surface area contributed by atoms with Crippen LogP contribution in [-0.4, -0.2) is 15.0 Å². The van der Waals surface area contributed by atoms with Crippen molar-refractivity contribution in [1.29, 1.82) is 0 Å². The first-order valence-corrected chi connectivity index (χ1v) is 6.39. The lowest BCUT2D eigenvalue weighted by molar-refractivity contribution is -0.379. The van der Waals surface area contributed by atoms with Crippen LogP contribution in [0.3, 0.4) is 0 Å². The molecule has 0 fully saturated rings. The van der Waals surface area contributed by atoms with Crippen LogP contribution in [0.4, 0.5) is 5.69 Å². The summed E-state index contributed by atoms with van der Waals surface area (Å²) >= 11 is 0. The highest BCUT2D eigenvalue weighted by Crippen LogP contribution is 2.19. The minimum Gasteiger partial charge on any atom is -0.870 e. The molecule has 3 aromatic rings. The summed E-state index contributed by atoms with van der Waals surface area (Å²) in [5.74, 6) is 0. The number of aromatic nitrogens is 2. The molecule has 0 radical (unpaired) electrons. The van der Waals surface area contributed by atoms with Crippen LogP contribution in [0, 0.1) is 4.91 Å². The summed E-state index contributed by atoms with van der Waals surface area (Å²) in [5.41, 5.74) is 3.92. The Morgan fingerprint density at radius 2 is 1.71 bits per heavy atom. The Morgan fingerprint density at radius 3 is 2.38 bits per heavy atom. The van der Waals surface area contributed by atoms with Crippen molar-refractivity contribution in [2.24, 2.45) is 0 Å². The molecule has 3 rings (SSSR count). The van der Waals surface area contributed by atoms with E-state index in [1.165, 1.54) is 0 Å². The highest BCUT2D eigenvalue weighted by molar-refractivity contribution is 5.58. The van der Waals surface area contributed by atoms with Gasteiger partial charge < -0.3 is 10.0 Å². The Morgan fingerprint density at radius 1 is 1.00 bits per heavy atom. The molecule has 0 aliphatic heterocycles. The molecule has 5 heteroatoms. The third kappa shape index (κ3) is 3.21. The van der Waals surface area contributed by atoms with Crippen molar-refractivity contribution in [3.8, 4) is 11.3 Å². The van der Waals surface area contributed by atoms with Crippen molar-refractivity contribution in [3.63, 3.8) is 0 Å². The predicted octanol–water partition coefficient (Wildman–Crippen LogP) is 1.90. The van der Waals surface area contributed by atoms with Crippen molar-refractivity contribution in [2.45, 2.75) is 6.54 Å². The van der Waals surface area contributed by atoms with Gasteiger partial charge in [-0.2, -0.15) is 0 Å². The van der Waals surface area contributed by atoms with E-state index < -0.39 is 0 Å². The Hall–Kier alpha value is -2.79. The lowest BCUT2D eigenvalue weighted by Gasteiger charge is -2.08. The van der Waals surface area contributed by atoms with E-state index >= 15 is 0 Å². The molecule has 2 N–H and O–H groups in total. The first-order chi connectivity index (χ1) is 9.86. The molecular weight excluding hydrogens is 266 g/mol. The smallest absolute Gasteiger partial charge is 0.253 e. The van der Waals surface area contributed by atoms with Crippen molar-refractivity contribution in [2.75, 3.05) is 0 Å². The Labute approximate surface area is 122 Å². The molecule has 106 valence electrons. The number of nitrogens with zero attached hydrogens (tertiary/aromatic N) is 2. The fraction of sp³-hybridized carbons (Fsp3) is 0.0625. The number of benzene rings is 2. The molecule has 0 bridgehead atoms. The van der Waals surface area contributed by atoms with Crippen LogP contribution in [0.1, 0.15) is 5.56 Å². The maximum Gasteiger partial charge on any atom is 0.253 e. The van der Waals surface area contributed by atoms with Gasteiger partial charge in [0.2, 0.25) is 0 Å². The predicted molar refractivity (Wildman–Crippen MR) is 79.1 cm³/mol. The fourth-order valence-corrected chi connectivity index (χ4v) is 2.17. The van der Waals surface area contributed by atoms with Crippen LogP contribution in [-0.2, 0) is 6.54 Å². The average Bonchev–Trinajstić information content (AvgIpc) is 2.97. The third-order valence-corrected chi connectivity index (χ3v) is 3.21. The highest BCUT2D eigenvalue weighted by atomic mass is 16.3. The quantitative estimate of drug-likeness (QED) is 0.793. The SMILES string of the molecule is O=[NH+]c1ccc(Cn2cncc2-c2ccccc2)cc1.[OH-]. The second-order valence-electron chi connectivity index (χ2n) is 4.57. The largest absolute Gasteiger partial charge is 0.870 e. The first kappa shape index (κ1) is 14.6. The van der Waals surface area contributed by atoms with Gasteiger partial charge in [-0.25, -0.2) is 4.98 Å². The summed E-state index contributed by atoms with van der Waals surface area (Å²) in [4.78, 5) is 14.8. The highest BCUT2D eigenvalue weighted by Gasteiger charge is 2.06. The van der Waals surface area contributed by atoms with Gasteiger partial charge in [0.25, 0.3) is 5.69 Å². The molecular formula is C16H15N3O2. The van der Waals surface area contributed by atoms with E-state index in [0.29, 0.717) is 5.69 Å². The standard InChI is InChI=1S/C16H13N3O.H2O/c20-18-15-8-6-13(7-9-15)11-19-12-17-10-16(19)14-4-2-1-3-5-14;/h1-10,12H,11H2;1H2. The number of hydrogen-bond donors (Lipinski definition) is 1. The van der Waals surface area contributed by atoms with Crippen LogP contribution < -0.4 is 5.18 Å². The molecule has 1 aromatic heterocycles. The van der Waals surface area contributed by atoms with Crippen molar-refractivity contribution >= 4 is 5.69 Å². The zero-order valence-corrected chi connectivity index (χ0v) is 11.3. The van der Waals surface area contributed by atoms with Gasteiger partial charge in [0.1, 0.15) is 0 Å². The second kappa shape index (κ2) is 6.58. The normalized spacial score (nSPS) is 9.90. The van der Waals surface area contributed by atoms with Crippen LogP contribution in [0.2, 0.25) is 0 Å². The fourth-order valence-electron chi connectivity index (χ4n) is 2.17. The van der Waals surface area contributed by atoms with Crippen LogP contribution in [0.5, 0.6) is 0 Å². The number of nitroso groups, excluding NO2 is 1. The summed E-state index contributed by atoms with van der Waals surface area (Å²) in [6, 6.07) is 17.6. The zero-order valence-electron chi connectivity index (χ0n) is 11.3. The molecule has 0 unspecified atom stereocenters. The maximum atomic E-state index is 10.5. The van der Waals surface area contributed by atoms with E-state index in [0.717, 1.165) is 23.4 Å². The first-order valence-electron chi connectivity index (χ1n) is 6.39. The lowest BCUT2D eigenvalue weighted by atomic mass is 10.1. The Balaban J connectivity index is 0.00000161. The number of rotatable bonds is 4. The van der Waals surface area contributed by atoms with Crippen LogP contribution in [0.15, 0.2) is 67.1 Å². The average molecular weight is 281 g/mol. The van der Waals surface area contributed by atoms with E-state index in [2.05, 4.69) is 21.7 Å². The molecule has 0 aliphatic carbocycles. The molecule has 0 amide bonds. The van der Waals surface area contributed by atoms with Gasteiger partial charge in [0, 0.05) is 28.8 Å². The van der Waals surface area contributed by atoms with Gasteiger partial charge in [0.15, 0.2) is 0 Å². The van der Waals surface area contributed by atoms with E-state index in [9.17, 15) is 4.91 Å². The lowest BCUT2D eigenvalue weighted by Crippen LogP contribution is -2.55. The summed E-state index contributed by atoms with van der Waals surface area (Å²) in [6.45, 7) is 0.726. The van der Waals surface area contributed by atoms with E-state index in [4.69, 9.17) is 0 Å². The van der Waals surface area contributed by atoms with Crippen molar-refractivity contribution in [1.82, 2.24) is 9.55 Å². The molecule has 0 saturated carbocycles. The third-order valence-electron chi connectivity index (χ3n) is 3.21. The van der Waals surface area contributed by atoms with Crippen LogP contribution in [0.25, 0.3) is 11.3 Å². The zero-order chi connectivity index (χ0) is 13.8. The summed E-state index contributed by atoms with van der Waals surface area (Å²) < 4.78 is 2.09. The van der Waals surface area contributed by atoms with E-state index in [-0.39, 0.29) is 5.48 Å². The molecule has 0 spiro atoms. The topological polar surface area (TPSA) is 78.9 Å². The van der Waals surface area contributed by atoms with Gasteiger partial charge in [-0.05, 0) is 11.1 Å². The summed E-state index contributed by atoms with van der Waals surface area (Å²) in [7, 11) is 0. The molecule has 5 nitrogen and oxygen atoms in total. The Kier molecular flexibility index (Phi) is 4.58. The Bertz CT molecular complexity index is 706. The molecule has 21 heavy (non-hydrogen) atoms.